The van der Waals surface area contributed by atoms with Gasteiger partial charge in [0, 0.05) is 91.6 Å². The van der Waals surface area contributed by atoms with E-state index < -0.39 is 215 Å². The molecule has 15 aliphatic rings. The van der Waals surface area contributed by atoms with Gasteiger partial charge >= 0.3 is 0 Å². The number of fused-ring (bicyclic) bond motifs is 7. The quantitative estimate of drug-likeness (QED) is 0.0238. The first kappa shape index (κ1) is 93.8. The molecular formula is C91H119N7O28. The Bertz CT molecular complexity index is 3560. The van der Waals surface area contributed by atoms with Crippen molar-refractivity contribution in [2.45, 2.75) is 261 Å². The van der Waals surface area contributed by atoms with Crippen LogP contribution in [0.1, 0.15) is 38.9 Å². The largest absolute Gasteiger partial charge is 0.387 e. The van der Waals surface area contributed by atoms with Crippen LogP contribution in [0.3, 0.4) is 0 Å². The maximum atomic E-state index is 12.7. The van der Waals surface area contributed by atoms with Crippen LogP contribution in [0.4, 0.5) is 0 Å². The summed E-state index contributed by atoms with van der Waals surface area (Å²) in [4.78, 5) is 0. The van der Waals surface area contributed by atoms with E-state index in [0.29, 0.717) is 0 Å². The van der Waals surface area contributed by atoms with E-state index in [4.69, 9.17) is 66.3 Å². The number of rotatable bonds is 28. The zero-order valence-corrected chi connectivity index (χ0v) is 69.3. The molecule has 22 rings (SSSR count). The Labute approximate surface area is 729 Å². The van der Waals surface area contributed by atoms with Crippen molar-refractivity contribution in [1.29, 1.82) is 0 Å². The minimum Gasteiger partial charge on any atom is -0.387 e. The monoisotopic (exact) mass is 1760 g/mol. The molecule has 0 unspecified atom stereocenters. The second-order valence-electron chi connectivity index (χ2n) is 33.2. The van der Waals surface area contributed by atoms with Crippen LogP contribution in [-0.2, 0) is 112 Å². The summed E-state index contributed by atoms with van der Waals surface area (Å²) in [6, 6.07) is 64.8. The first-order chi connectivity index (χ1) is 61.3. The topological polar surface area (TPSA) is 497 Å². The van der Waals surface area contributed by atoms with Gasteiger partial charge in [-0.05, 0) is 38.9 Å². The molecular weight excluding hydrogens is 1640 g/mol. The third-order valence-corrected chi connectivity index (χ3v) is 24.1. The first-order valence-corrected chi connectivity index (χ1v) is 43.2. The third kappa shape index (κ3) is 23.5. The van der Waals surface area contributed by atoms with Crippen molar-refractivity contribution in [1.82, 2.24) is 37.2 Å². The number of aliphatic hydroxyl groups is 14. The number of hydrogen-bond donors (Lipinski definition) is 21. The van der Waals surface area contributed by atoms with Gasteiger partial charge in [0.25, 0.3) is 0 Å². The maximum Gasteiger partial charge on any atom is 0.187 e. The molecule has 35 nitrogen and oxygen atoms in total. The van der Waals surface area contributed by atoms with E-state index in [1.54, 1.807) is 0 Å². The van der Waals surface area contributed by atoms with Crippen molar-refractivity contribution < 1.29 is 138 Å². The van der Waals surface area contributed by atoms with E-state index in [1.165, 1.54) is 0 Å². The molecule has 14 bridgehead atoms. The molecule has 21 N–H and O–H groups in total. The van der Waals surface area contributed by atoms with Crippen LogP contribution in [0.25, 0.3) is 0 Å². The van der Waals surface area contributed by atoms with Gasteiger partial charge in [-0.2, -0.15) is 0 Å². The highest BCUT2D eigenvalue weighted by atomic mass is 16.8. The zero-order valence-electron chi connectivity index (χ0n) is 69.3. The maximum absolute atomic E-state index is 12.7. The summed E-state index contributed by atoms with van der Waals surface area (Å²) < 4.78 is 92.7. The fourth-order valence-electron chi connectivity index (χ4n) is 17.2. The minimum absolute atomic E-state index is 0.180. The van der Waals surface area contributed by atoms with Gasteiger partial charge in [-0.15, -0.1) is 0 Å². The minimum atomic E-state index is -2.08. The summed E-state index contributed by atoms with van der Waals surface area (Å²) in [5, 5.41) is 199. The van der Waals surface area contributed by atoms with E-state index in [-0.39, 0.29) is 91.6 Å². The van der Waals surface area contributed by atoms with Gasteiger partial charge in [0.2, 0.25) is 0 Å². The second-order valence-corrected chi connectivity index (χ2v) is 33.2. The Balaban J connectivity index is 0.789. The summed E-state index contributed by atoms with van der Waals surface area (Å²) in [5.41, 5.74) is 5.82. The molecule has 686 valence electrons. The van der Waals surface area contributed by atoms with Crippen LogP contribution >= 0.6 is 0 Å². The molecule has 126 heavy (non-hydrogen) atoms. The summed E-state index contributed by atoms with van der Waals surface area (Å²) >= 11 is 0. The molecule has 0 radical (unpaired) electrons. The van der Waals surface area contributed by atoms with Crippen LogP contribution < -0.4 is 37.2 Å². The van der Waals surface area contributed by atoms with Gasteiger partial charge < -0.3 is 175 Å². The number of aliphatic hydroxyl groups excluding tert-OH is 14. The van der Waals surface area contributed by atoms with E-state index >= 15 is 0 Å². The van der Waals surface area contributed by atoms with Crippen LogP contribution in [-0.4, -0.2) is 332 Å². The summed E-state index contributed by atoms with van der Waals surface area (Å²) in [7, 11) is 0. The lowest BCUT2D eigenvalue weighted by Crippen LogP contribution is -2.69. The SMILES string of the molecule is O[C@@H]1[C@H]2O[C@H]3[C@H](O)[C@@H](O)[C@@H](O[C@H]4[C@H](O)[C@@H](O)[C@@H](O[C@H]5[C@H](O)[C@@H](O)[C@@H](O[C@H]6[C@H](O)[C@@H](O)[C@@H](O[C@H]7[C@H](O)[C@@H](O)[C@@H](O[C@H]8[C@@H](O)[C@H](O)[C@@H](O[C@@H]([C@@H]1O)[C@@H](CNCc1ccccc1)O2)O[C@@H]8CNCc1ccccc1)O[C@H]7CNCc1ccccc1)O[C@H]6CNCc1ccccc1)O[C@H]5CNCc1ccccc1)O[C@H]4CNCc1ccccc1)O[C@@H]3CNCc1ccccc1. The zero-order chi connectivity index (χ0) is 87.7. The molecule has 35 heteroatoms. The molecule has 0 amide bonds. The fraction of sp³-hybridized carbons (Fsp3) is 0.538. The molecule has 0 aromatic heterocycles. The van der Waals surface area contributed by atoms with Crippen LogP contribution in [0.2, 0.25) is 0 Å². The Morgan fingerprint density at radius 2 is 0.262 bits per heavy atom. The van der Waals surface area contributed by atoms with Crippen LogP contribution in [0.5, 0.6) is 0 Å². The van der Waals surface area contributed by atoms with E-state index in [2.05, 4.69) is 37.2 Å². The van der Waals surface area contributed by atoms with Crippen molar-refractivity contribution in [3.63, 3.8) is 0 Å². The van der Waals surface area contributed by atoms with Crippen LogP contribution in [0, 0.1) is 0 Å². The lowest BCUT2D eigenvalue weighted by atomic mass is 9.94. The smallest absolute Gasteiger partial charge is 0.187 e. The fourth-order valence-corrected chi connectivity index (χ4v) is 17.2. The van der Waals surface area contributed by atoms with Gasteiger partial charge in [0.15, 0.2) is 44.0 Å². The average Bonchev–Trinajstić information content (AvgIpc) is 0.778. The Hall–Kier alpha value is -6.86. The molecule has 7 aromatic rings. The van der Waals surface area contributed by atoms with Crippen molar-refractivity contribution in [2.75, 3.05) is 45.8 Å². The Morgan fingerprint density at radius 1 is 0.151 bits per heavy atom. The summed E-state index contributed by atoms with van der Waals surface area (Å²) in [5.74, 6) is 0. The van der Waals surface area contributed by atoms with E-state index in [9.17, 15) is 71.5 Å². The van der Waals surface area contributed by atoms with Crippen molar-refractivity contribution in [3.05, 3.63) is 251 Å². The third-order valence-electron chi connectivity index (χ3n) is 24.1. The van der Waals surface area contributed by atoms with Crippen molar-refractivity contribution >= 4 is 0 Å². The van der Waals surface area contributed by atoms with Gasteiger partial charge in [-0.1, -0.05) is 212 Å². The Morgan fingerprint density at radius 3 is 0.373 bits per heavy atom. The highest BCUT2D eigenvalue weighted by molar-refractivity contribution is 5.21. The molecule has 7 aromatic carbocycles. The molecule has 15 aliphatic heterocycles. The summed E-state index contributed by atoms with van der Waals surface area (Å²) in [6.45, 7) is 0.303. The van der Waals surface area contributed by atoms with Crippen LogP contribution in [0.15, 0.2) is 212 Å². The van der Waals surface area contributed by atoms with E-state index in [1.807, 2.05) is 212 Å². The van der Waals surface area contributed by atoms with Gasteiger partial charge in [-0.25, -0.2) is 0 Å². The highest BCUT2D eigenvalue weighted by Crippen LogP contribution is 2.40. The predicted molar refractivity (Wildman–Crippen MR) is 446 cm³/mol. The highest BCUT2D eigenvalue weighted by Gasteiger charge is 2.60. The van der Waals surface area contributed by atoms with E-state index in [0.717, 1.165) is 38.9 Å². The molecule has 15 fully saturated rings. The standard InChI is InChI=1S/C91H119N7O28/c99-64-71(106)85-113-57(43-92-36-50-22-8-1-9-23-50)78(64)120-86-72(107)65(100)80(59(114-86)45-94-38-52-26-12-3-13-27-52)122-88-74(109)67(102)82(61(116-88)47-96-40-54-30-16-5-17-31-54)124-90-76(111)69(104)84(63(118-90)49-98-42-56-34-20-7-21-35-56)126-91-77(112)70(105)83(62(119-91)48-97-41-55-32-18-6-19-33-55)125-89-75(110)68(103)81(60(117-89)46-95-39-53-28-14-4-15-29-53)123-87-73(108)66(101)79(121-85)58(115-87)44-93-37-51-24-10-2-11-25-51/h1-35,57-112H,36-49H2/t57-,58-,59-,60-,61+,62+,63+,64+,65+,66+,67+,68+,69+,70-,71+,72+,73+,74+,75+,76-,77-,78+,79+,80+,81+,82+,83+,84+,85+,86+,87+,88+,89+,90+,91+/m0/s1. The second kappa shape index (κ2) is 45.3. The molecule has 15 heterocycles. The van der Waals surface area contributed by atoms with Gasteiger partial charge in [0.05, 0.1) is 0 Å². The lowest BCUT2D eigenvalue weighted by molar-refractivity contribution is -0.392. The van der Waals surface area contributed by atoms with Crippen molar-refractivity contribution in [3.8, 4) is 0 Å². The number of hydrogen-bond acceptors (Lipinski definition) is 35. The number of benzene rings is 7. The normalized spacial score (nSPS) is 38.2. The first-order valence-electron chi connectivity index (χ1n) is 43.2. The molecule has 0 aliphatic carbocycles. The van der Waals surface area contributed by atoms with Gasteiger partial charge in [-0.3, -0.25) is 0 Å². The number of nitrogens with one attached hydrogen (secondary N) is 7. The summed E-state index contributed by atoms with van der Waals surface area (Å²) in [6.07, 6.45) is -63.0. The van der Waals surface area contributed by atoms with Crippen molar-refractivity contribution in [2.24, 2.45) is 0 Å². The molecule has 35 atom stereocenters. The molecule has 0 spiro atoms. The molecule has 15 saturated heterocycles. The number of ether oxygens (including phenoxy) is 14. The Kier molecular flexibility index (Phi) is 33.7. The average molecular weight is 1760 g/mol. The lowest BCUT2D eigenvalue weighted by Gasteiger charge is -2.50. The predicted octanol–water partition coefficient (Wildman–Crippen LogP) is -2.65. The molecule has 0 saturated carbocycles. The van der Waals surface area contributed by atoms with Gasteiger partial charge in [0.1, 0.15) is 171 Å².